The number of halogens is 1. The highest BCUT2D eigenvalue weighted by atomic mass is 35.5. The van der Waals surface area contributed by atoms with Crippen LogP contribution in [0.25, 0.3) is 0 Å². The van der Waals surface area contributed by atoms with Gasteiger partial charge in [0, 0.05) is 37.7 Å². The normalized spacial score (nSPS) is 10.3. The van der Waals surface area contributed by atoms with Crippen LogP contribution in [0.4, 0.5) is 11.5 Å². The van der Waals surface area contributed by atoms with Gasteiger partial charge in [0.05, 0.1) is 12.1 Å². The lowest BCUT2D eigenvalue weighted by molar-refractivity contribution is 0.102. The van der Waals surface area contributed by atoms with E-state index in [4.69, 9.17) is 21.1 Å². The smallest absolute Gasteiger partial charge is 0.255 e. The first kappa shape index (κ1) is 18.0. The number of carbonyl (C=O) groups excluding carboxylic acids is 1. The number of amides is 1. The van der Waals surface area contributed by atoms with Gasteiger partial charge >= 0.3 is 0 Å². The number of methoxy groups -OCH3 is 2. The lowest BCUT2D eigenvalue weighted by atomic mass is 10.2. The van der Waals surface area contributed by atoms with Crippen LogP contribution in [-0.4, -0.2) is 38.3 Å². The van der Waals surface area contributed by atoms with Gasteiger partial charge in [-0.1, -0.05) is 11.6 Å². The van der Waals surface area contributed by atoms with Crippen molar-refractivity contribution in [3.63, 3.8) is 0 Å². The number of hydrogen-bond acceptors (Lipinski definition) is 5. The van der Waals surface area contributed by atoms with E-state index in [1.165, 1.54) is 7.11 Å². The van der Waals surface area contributed by atoms with Gasteiger partial charge in [0.25, 0.3) is 5.91 Å². The van der Waals surface area contributed by atoms with Gasteiger partial charge in [-0.3, -0.25) is 4.79 Å². The zero-order valence-electron chi connectivity index (χ0n) is 13.6. The fraction of sp³-hybridized carbons (Fsp3) is 0.294. The molecular weight excluding hydrogens is 330 g/mol. The minimum absolute atomic E-state index is 0.237. The molecule has 1 heterocycles. The molecule has 0 unspecified atom stereocenters. The molecule has 0 atom stereocenters. The molecule has 0 saturated heterocycles. The molecule has 1 amide bonds. The van der Waals surface area contributed by atoms with E-state index in [1.54, 1.807) is 43.6 Å². The lowest BCUT2D eigenvalue weighted by Crippen LogP contribution is -2.13. The van der Waals surface area contributed by atoms with Crippen molar-refractivity contribution in [2.24, 2.45) is 0 Å². The second-order valence-electron chi connectivity index (χ2n) is 5.01. The van der Waals surface area contributed by atoms with Crippen LogP contribution in [0.2, 0.25) is 5.02 Å². The quantitative estimate of drug-likeness (QED) is 0.714. The van der Waals surface area contributed by atoms with Crippen LogP contribution in [0, 0.1) is 0 Å². The number of rotatable bonds is 8. The second-order valence-corrected chi connectivity index (χ2v) is 5.41. The summed E-state index contributed by atoms with van der Waals surface area (Å²) < 4.78 is 10.1. The number of nitrogens with one attached hydrogen (secondary N) is 2. The minimum atomic E-state index is -0.237. The predicted molar refractivity (Wildman–Crippen MR) is 95.2 cm³/mol. The van der Waals surface area contributed by atoms with Crippen molar-refractivity contribution in [2.45, 2.75) is 6.42 Å². The van der Waals surface area contributed by atoms with Crippen LogP contribution in [0.3, 0.4) is 0 Å². The fourth-order valence-corrected chi connectivity index (χ4v) is 2.31. The highest BCUT2D eigenvalue weighted by molar-refractivity contribution is 6.32. The van der Waals surface area contributed by atoms with E-state index in [0.29, 0.717) is 34.4 Å². The van der Waals surface area contributed by atoms with Gasteiger partial charge < -0.3 is 20.1 Å². The number of aromatic nitrogens is 1. The molecule has 0 saturated carbocycles. The maximum Gasteiger partial charge on any atom is 0.255 e. The number of benzene rings is 1. The maximum absolute atomic E-state index is 12.3. The molecule has 24 heavy (non-hydrogen) atoms. The second kappa shape index (κ2) is 9.10. The summed E-state index contributed by atoms with van der Waals surface area (Å²) in [6.45, 7) is 1.39. The minimum Gasteiger partial charge on any atom is -0.495 e. The summed E-state index contributed by atoms with van der Waals surface area (Å²) in [5.41, 5.74) is 1.10. The largest absolute Gasteiger partial charge is 0.495 e. The zero-order valence-corrected chi connectivity index (χ0v) is 14.4. The molecule has 1 aromatic carbocycles. The Kier molecular flexibility index (Phi) is 6.84. The van der Waals surface area contributed by atoms with E-state index >= 15 is 0 Å². The van der Waals surface area contributed by atoms with Gasteiger partial charge in [0.1, 0.15) is 11.6 Å². The molecule has 6 nitrogen and oxygen atoms in total. The highest BCUT2D eigenvalue weighted by Gasteiger charge is 2.09. The molecule has 0 spiro atoms. The van der Waals surface area contributed by atoms with Crippen LogP contribution >= 0.6 is 11.6 Å². The number of carbonyl (C=O) groups is 1. The first-order valence-electron chi connectivity index (χ1n) is 7.48. The Morgan fingerprint density at radius 1 is 1.25 bits per heavy atom. The maximum atomic E-state index is 12.3. The van der Waals surface area contributed by atoms with Crippen LogP contribution < -0.4 is 15.4 Å². The predicted octanol–water partition coefficient (Wildman–Crippen LogP) is 3.44. The lowest BCUT2D eigenvalue weighted by Gasteiger charge is -2.09. The molecule has 128 valence electrons. The Hall–Kier alpha value is -2.31. The van der Waals surface area contributed by atoms with Crippen molar-refractivity contribution in [3.8, 4) is 5.75 Å². The van der Waals surface area contributed by atoms with Crippen molar-refractivity contribution in [2.75, 3.05) is 38.0 Å². The number of pyridine rings is 1. The summed E-state index contributed by atoms with van der Waals surface area (Å²) in [4.78, 5) is 16.5. The van der Waals surface area contributed by atoms with Gasteiger partial charge in [-0.2, -0.15) is 0 Å². The first-order chi connectivity index (χ1) is 11.6. The van der Waals surface area contributed by atoms with E-state index in [-0.39, 0.29) is 5.91 Å². The van der Waals surface area contributed by atoms with Crippen LogP contribution in [-0.2, 0) is 4.74 Å². The van der Waals surface area contributed by atoms with Crippen LogP contribution in [0.1, 0.15) is 16.8 Å². The Labute approximate surface area is 146 Å². The Morgan fingerprint density at radius 3 is 2.79 bits per heavy atom. The molecular formula is C17H20ClN3O3. The number of hydrogen-bond donors (Lipinski definition) is 2. The van der Waals surface area contributed by atoms with Crippen molar-refractivity contribution < 1.29 is 14.3 Å². The van der Waals surface area contributed by atoms with Crippen LogP contribution in [0.15, 0.2) is 36.5 Å². The van der Waals surface area contributed by atoms with Crippen molar-refractivity contribution in [3.05, 3.63) is 47.1 Å². The summed E-state index contributed by atoms with van der Waals surface area (Å²) in [7, 11) is 3.20. The van der Waals surface area contributed by atoms with E-state index in [2.05, 4.69) is 15.6 Å². The molecule has 0 aliphatic rings. The number of nitrogens with zero attached hydrogens (tertiary/aromatic N) is 1. The third-order valence-corrected chi connectivity index (χ3v) is 3.56. The van der Waals surface area contributed by atoms with E-state index in [1.807, 2.05) is 0 Å². The molecule has 0 aliphatic carbocycles. The Bertz CT molecular complexity index is 695. The highest BCUT2D eigenvalue weighted by Crippen LogP contribution is 2.27. The molecule has 2 aromatic rings. The third kappa shape index (κ3) is 5.11. The Morgan fingerprint density at radius 2 is 2.08 bits per heavy atom. The topological polar surface area (TPSA) is 72.5 Å². The molecule has 1 aromatic heterocycles. The number of ether oxygens (including phenoxy) is 2. The summed E-state index contributed by atoms with van der Waals surface area (Å²) in [5.74, 6) is 0.964. The van der Waals surface area contributed by atoms with Crippen molar-refractivity contribution in [1.82, 2.24) is 4.98 Å². The molecule has 0 aliphatic heterocycles. The van der Waals surface area contributed by atoms with Crippen LogP contribution in [0.5, 0.6) is 5.75 Å². The SMILES string of the molecule is COCCCNc1cc(C(=O)Nc2ccc(OC)c(Cl)c2)ccn1. The standard InChI is InChI=1S/C17H20ClN3O3/c1-23-9-3-7-19-16-10-12(6-8-20-16)17(22)21-13-4-5-15(24-2)14(18)11-13/h4-6,8,10-11H,3,7,9H2,1-2H3,(H,19,20)(H,21,22). The molecule has 0 fully saturated rings. The van der Waals surface area contributed by atoms with E-state index in [0.717, 1.165) is 13.0 Å². The fourth-order valence-electron chi connectivity index (χ4n) is 2.05. The first-order valence-corrected chi connectivity index (χ1v) is 7.85. The summed E-state index contributed by atoms with van der Waals surface area (Å²) >= 11 is 6.06. The summed E-state index contributed by atoms with van der Waals surface area (Å²) in [6, 6.07) is 8.43. The molecule has 7 heteroatoms. The van der Waals surface area contributed by atoms with Gasteiger partial charge in [0.15, 0.2) is 0 Å². The van der Waals surface area contributed by atoms with Crippen molar-refractivity contribution in [1.29, 1.82) is 0 Å². The molecule has 0 bridgehead atoms. The zero-order chi connectivity index (χ0) is 17.4. The third-order valence-electron chi connectivity index (χ3n) is 3.26. The average Bonchev–Trinajstić information content (AvgIpc) is 2.59. The Balaban J connectivity index is 2.00. The average molecular weight is 350 g/mol. The monoisotopic (exact) mass is 349 g/mol. The van der Waals surface area contributed by atoms with Gasteiger partial charge in [-0.25, -0.2) is 4.98 Å². The van der Waals surface area contributed by atoms with Gasteiger partial charge in [-0.15, -0.1) is 0 Å². The summed E-state index contributed by atoms with van der Waals surface area (Å²) in [6.07, 6.45) is 2.45. The summed E-state index contributed by atoms with van der Waals surface area (Å²) in [5, 5.41) is 6.39. The van der Waals surface area contributed by atoms with Gasteiger partial charge in [0.2, 0.25) is 0 Å². The number of anilines is 2. The molecule has 2 rings (SSSR count). The van der Waals surface area contributed by atoms with E-state index < -0.39 is 0 Å². The molecule has 2 N–H and O–H groups in total. The van der Waals surface area contributed by atoms with E-state index in [9.17, 15) is 4.79 Å². The molecule has 0 radical (unpaired) electrons. The van der Waals surface area contributed by atoms with Gasteiger partial charge in [-0.05, 0) is 36.8 Å². The van der Waals surface area contributed by atoms with Crippen molar-refractivity contribution >= 4 is 29.0 Å².